The molecule has 0 amide bonds. The summed E-state index contributed by atoms with van der Waals surface area (Å²) in [6.45, 7) is 3.53. The number of aryl methyl sites for hydroxylation is 2. The molecule has 0 aliphatic heterocycles. The van der Waals surface area contributed by atoms with E-state index < -0.39 is 17.6 Å². The zero-order valence-corrected chi connectivity index (χ0v) is 11.5. The molecule has 0 N–H and O–H groups in total. The summed E-state index contributed by atoms with van der Waals surface area (Å²) in [6.07, 6.45) is 0. The molecule has 0 aliphatic carbocycles. The van der Waals surface area contributed by atoms with E-state index in [1.165, 1.54) is 25.3 Å². The maximum Gasteiger partial charge on any atom is 0.337 e. The van der Waals surface area contributed by atoms with Gasteiger partial charge in [-0.1, -0.05) is 6.07 Å². The van der Waals surface area contributed by atoms with Gasteiger partial charge < -0.3 is 4.74 Å². The lowest BCUT2D eigenvalue weighted by molar-refractivity contribution is 0.0600. The van der Waals surface area contributed by atoms with Gasteiger partial charge in [-0.05, 0) is 54.8 Å². The molecule has 0 aromatic heterocycles. The van der Waals surface area contributed by atoms with E-state index >= 15 is 0 Å². The first-order valence-corrected chi connectivity index (χ1v) is 6.08. The summed E-state index contributed by atoms with van der Waals surface area (Å²) < 4.78 is 32.3. The van der Waals surface area contributed by atoms with Gasteiger partial charge in [0.15, 0.2) is 0 Å². The molecule has 0 aliphatic rings. The van der Waals surface area contributed by atoms with Gasteiger partial charge in [-0.25, -0.2) is 13.6 Å². The van der Waals surface area contributed by atoms with Crippen LogP contribution < -0.4 is 0 Å². The maximum absolute atomic E-state index is 14.1. The molecule has 2 aromatic rings. The highest BCUT2D eigenvalue weighted by atomic mass is 19.1. The van der Waals surface area contributed by atoms with Crippen molar-refractivity contribution in [3.8, 4) is 11.1 Å². The summed E-state index contributed by atoms with van der Waals surface area (Å²) in [5, 5.41) is 0. The summed E-state index contributed by atoms with van der Waals surface area (Å²) in [5.41, 5.74) is 2.14. The summed E-state index contributed by atoms with van der Waals surface area (Å²) in [7, 11) is 1.21. The van der Waals surface area contributed by atoms with E-state index in [2.05, 4.69) is 4.74 Å². The molecule has 0 heterocycles. The van der Waals surface area contributed by atoms with Gasteiger partial charge in [0.2, 0.25) is 0 Å². The molecule has 0 spiro atoms. The number of hydrogen-bond donors (Lipinski definition) is 0. The minimum atomic E-state index is -0.657. The molecule has 104 valence electrons. The summed E-state index contributed by atoms with van der Waals surface area (Å²) in [4.78, 5) is 11.5. The van der Waals surface area contributed by atoms with Crippen molar-refractivity contribution < 1.29 is 18.3 Å². The van der Waals surface area contributed by atoms with E-state index in [9.17, 15) is 13.6 Å². The minimum Gasteiger partial charge on any atom is -0.465 e. The van der Waals surface area contributed by atoms with Crippen molar-refractivity contribution in [3.63, 3.8) is 0 Å². The number of carbonyl (C=O) groups is 1. The van der Waals surface area contributed by atoms with E-state index in [0.717, 1.165) is 11.6 Å². The summed E-state index contributed by atoms with van der Waals surface area (Å²) >= 11 is 0. The highest BCUT2D eigenvalue weighted by Gasteiger charge is 2.14. The Balaban J connectivity index is 2.64. The van der Waals surface area contributed by atoms with Crippen LogP contribution in [0.15, 0.2) is 30.3 Å². The van der Waals surface area contributed by atoms with Crippen molar-refractivity contribution in [2.45, 2.75) is 13.8 Å². The monoisotopic (exact) mass is 276 g/mol. The molecule has 20 heavy (non-hydrogen) atoms. The molecule has 2 nitrogen and oxygen atoms in total. The number of methoxy groups -OCH3 is 1. The van der Waals surface area contributed by atoms with Crippen LogP contribution in [0.1, 0.15) is 21.5 Å². The standard InChI is InChI=1S/C16H14F2O2/c1-9-4-10(2)15(14(18)5-9)11-6-12(16(19)20-3)8-13(17)7-11/h4-8H,1-3H3. The largest absolute Gasteiger partial charge is 0.465 e. The Morgan fingerprint density at radius 3 is 2.35 bits per heavy atom. The Morgan fingerprint density at radius 2 is 1.75 bits per heavy atom. The zero-order chi connectivity index (χ0) is 14.9. The Kier molecular flexibility index (Phi) is 3.84. The van der Waals surface area contributed by atoms with Crippen LogP contribution in [0.5, 0.6) is 0 Å². The number of hydrogen-bond acceptors (Lipinski definition) is 2. The van der Waals surface area contributed by atoms with Gasteiger partial charge in [0.1, 0.15) is 11.6 Å². The second-order valence-electron chi connectivity index (χ2n) is 4.66. The zero-order valence-electron chi connectivity index (χ0n) is 11.5. The number of benzene rings is 2. The molecule has 0 fully saturated rings. The lowest BCUT2D eigenvalue weighted by atomic mass is 9.96. The van der Waals surface area contributed by atoms with Crippen LogP contribution in [0.4, 0.5) is 8.78 Å². The first-order chi connectivity index (χ1) is 9.42. The fraction of sp³-hybridized carbons (Fsp3) is 0.188. The van der Waals surface area contributed by atoms with Crippen LogP contribution in [-0.4, -0.2) is 13.1 Å². The predicted octanol–water partition coefficient (Wildman–Crippen LogP) is 4.04. The average Bonchev–Trinajstić information content (AvgIpc) is 2.35. The lowest BCUT2D eigenvalue weighted by Crippen LogP contribution is -2.02. The van der Waals surface area contributed by atoms with Gasteiger partial charge in [-0.3, -0.25) is 0 Å². The van der Waals surface area contributed by atoms with Crippen LogP contribution >= 0.6 is 0 Å². The number of halogens is 2. The Labute approximate surface area is 116 Å². The quantitative estimate of drug-likeness (QED) is 0.774. The van der Waals surface area contributed by atoms with Crippen molar-refractivity contribution in [1.82, 2.24) is 0 Å². The van der Waals surface area contributed by atoms with Crippen molar-refractivity contribution in [3.05, 3.63) is 58.7 Å². The van der Waals surface area contributed by atoms with E-state index in [1.807, 2.05) is 0 Å². The van der Waals surface area contributed by atoms with E-state index in [-0.39, 0.29) is 5.56 Å². The van der Waals surface area contributed by atoms with E-state index in [1.54, 1.807) is 19.9 Å². The first-order valence-electron chi connectivity index (χ1n) is 6.08. The van der Waals surface area contributed by atoms with Crippen LogP contribution in [0, 0.1) is 25.5 Å². The van der Waals surface area contributed by atoms with Gasteiger partial charge in [0.25, 0.3) is 0 Å². The molecule has 2 rings (SSSR count). The summed E-state index contributed by atoms with van der Waals surface area (Å²) in [5.74, 6) is -1.71. The molecule has 0 saturated carbocycles. The molecule has 0 radical (unpaired) electrons. The molecule has 4 heteroatoms. The van der Waals surface area contributed by atoms with Gasteiger partial charge in [-0.2, -0.15) is 0 Å². The Hall–Kier alpha value is -2.23. The third kappa shape index (κ3) is 2.69. The highest BCUT2D eigenvalue weighted by Crippen LogP contribution is 2.29. The average molecular weight is 276 g/mol. The number of carbonyl (C=O) groups excluding carboxylic acids is 1. The SMILES string of the molecule is COC(=O)c1cc(F)cc(-c2c(C)cc(C)cc2F)c1. The third-order valence-corrected chi connectivity index (χ3v) is 3.04. The lowest BCUT2D eigenvalue weighted by Gasteiger charge is -2.10. The number of rotatable bonds is 2. The Bertz CT molecular complexity index is 655. The van der Waals surface area contributed by atoms with Crippen molar-refractivity contribution in [2.75, 3.05) is 7.11 Å². The predicted molar refractivity (Wildman–Crippen MR) is 72.6 cm³/mol. The molecule has 0 atom stereocenters. The molecule has 0 saturated heterocycles. The van der Waals surface area contributed by atoms with Crippen LogP contribution in [0.25, 0.3) is 11.1 Å². The maximum atomic E-state index is 14.1. The van der Waals surface area contributed by atoms with E-state index in [0.29, 0.717) is 16.7 Å². The van der Waals surface area contributed by atoms with Crippen LogP contribution in [-0.2, 0) is 4.74 Å². The molecule has 2 aromatic carbocycles. The van der Waals surface area contributed by atoms with Crippen molar-refractivity contribution in [2.24, 2.45) is 0 Å². The fourth-order valence-electron chi connectivity index (χ4n) is 2.25. The van der Waals surface area contributed by atoms with Gasteiger partial charge in [0.05, 0.1) is 12.7 Å². The normalized spacial score (nSPS) is 10.4. The smallest absolute Gasteiger partial charge is 0.337 e. The molecule has 0 unspecified atom stereocenters. The molecule has 0 bridgehead atoms. The van der Waals surface area contributed by atoms with Crippen molar-refractivity contribution >= 4 is 5.97 Å². The van der Waals surface area contributed by atoms with Gasteiger partial charge >= 0.3 is 5.97 Å². The van der Waals surface area contributed by atoms with Crippen molar-refractivity contribution in [1.29, 1.82) is 0 Å². The molecular formula is C16H14F2O2. The molecular weight excluding hydrogens is 262 g/mol. The van der Waals surface area contributed by atoms with Crippen LogP contribution in [0.2, 0.25) is 0 Å². The number of esters is 1. The van der Waals surface area contributed by atoms with Gasteiger partial charge in [0, 0.05) is 5.56 Å². The minimum absolute atomic E-state index is 0.0573. The van der Waals surface area contributed by atoms with Crippen LogP contribution in [0.3, 0.4) is 0 Å². The van der Waals surface area contributed by atoms with E-state index in [4.69, 9.17) is 0 Å². The second-order valence-corrected chi connectivity index (χ2v) is 4.66. The topological polar surface area (TPSA) is 26.3 Å². The second kappa shape index (κ2) is 5.41. The fourth-order valence-corrected chi connectivity index (χ4v) is 2.25. The highest BCUT2D eigenvalue weighted by molar-refractivity contribution is 5.91. The first kappa shape index (κ1) is 14.2. The number of ether oxygens (including phenoxy) is 1. The third-order valence-electron chi connectivity index (χ3n) is 3.04. The Morgan fingerprint density at radius 1 is 1.05 bits per heavy atom. The summed E-state index contributed by atoms with van der Waals surface area (Å²) in [6, 6.07) is 6.88. The van der Waals surface area contributed by atoms with Gasteiger partial charge in [-0.15, -0.1) is 0 Å².